The summed E-state index contributed by atoms with van der Waals surface area (Å²) in [4.78, 5) is 25.1. The molecule has 3 N–H and O–H groups in total. The van der Waals surface area contributed by atoms with Crippen LogP contribution in [0.4, 0.5) is 5.69 Å². The SMILES string of the molecule is CC(NC(=O)c1ccccc1NC(=O)CC1COCCN1)c1ccccc1.Cl. The number of morpholine rings is 1. The molecule has 3 rings (SSSR count). The first kappa shape index (κ1) is 21.9. The Kier molecular flexibility index (Phi) is 8.44. The minimum atomic E-state index is -0.221. The highest BCUT2D eigenvalue weighted by molar-refractivity contribution is 6.03. The van der Waals surface area contributed by atoms with E-state index in [2.05, 4.69) is 16.0 Å². The molecule has 2 amide bonds. The van der Waals surface area contributed by atoms with Crippen LogP contribution < -0.4 is 16.0 Å². The lowest BCUT2D eigenvalue weighted by Crippen LogP contribution is -2.43. The van der Waals surface area contributed by atoms with Crippen molar-refractivity contribution in [1.29, 1.82) is 0 Å². The van der Waals surface area contributed by atoms with Crippen LogP contribution in [-0.2, 0) is 9.53 Å². The number of para-hydroxylation sites is 1. The van der Waals surface area contributed by atoms with Crippen molar-refractivity contribution in [3.05, 3.63) is 65.7 Å². The van der Waals surface area contributed by atoms with Gasteiger partial charge in [0.05, 0.1) is 30.5 Å². The molecule has 0 aliphatic carbocycles. The normalized spacial score (nSPS) is 17.1. The Morgan fingerprint density at radius 2 is 1.86 bits per heavy atom. The summed E-state index contributed by atoms with van der Waals surface area (Å²) in [6.07, 6.45) is 0.302. The Hall–Kier alpha value is -2.41. The topological polar surface area (TPSA) is 79.5 Å². The average Bonchev–Trinajstić information content (AvgIpc) is 2.69. The molecule has 6 nitrogen and oxygen atoms in total. The first-order valence-corrected chi connectivity index (χ1v) is 9.19. The highest BCUT2D eigenvalue weighted by Gasteiger charge is 2.19. The number of hydrogen-bond acceptors (Lipinski definition) is 4. The molecule has 2 aromatic carbocycles. The highest BCUT2D eigenvalue weighted by Crippen LogP contribution is 2.18. The van der Waals surface area contributed by atoms with Crippen LogP contribution in [0.3, 0.4) is 0 Å². The summed E-state index contributed by atoms with van der Waals surface area (Å²) in [5.41, 5.74) is 1.98. The zero-order valence-corrected chi connectivity index (χ0v) is 16.6. The molecule has 150 valence electrons. The Morgan fingerprint density at radius 1 is 1.14 bits per heavy atom. The predicted octanol–water partition coefficient (Wildman–Crippen LogP) is 2.92. The second-order valence-corrected chi connectivity index (χ2v) is 6.63. The lowest BCUT2D eigenvalue weighted by Gasteiger charge is -2.23. The van der Waals surface area contributed by atoms with Crippen molar-refractivity contribution in [1.82, 2.24) is 10.6 Å². The molecule has 0 aromatic heterocycles. The largest absolute Gasteiger partial charge is 0.378 e. The van der Waals surface area contributed by atoms with E-state index < -0.39 is 0 Å². The fourth-order valence-corrected chi connectivity index (χ4v) is 3.07. The Labute approximate surface area is 171 Å². The summed E-state index contributed by atoms with van der Waals surface area (Å²) in [5, 5.41) is 9.09. The van der Waals surface area contributed by atoms with Crippen LogP contribution in [0.1, 0.15) is 35.3 Å². The molecular weight excluding hydrogens is 378 g/mol. The van der Waals surface area contributed by atoms with Gasteiger partial charge < -0.3 is 20.7 Å². The van der Waals surface area contributed by atoms with Crippen molar-refractivity contribution >= 4 is 29.9 Å². The maximum atomic E-state index is 12.7. The molecule has 0 spiro atoms. The summed E-state index contributed by atoms with van der Waals surface area (Å²) < 4.78 is 5.37. The highest BCUT2D eigenvalue weighted by atomic mass is 35.5. The van der Waals surface area contributed by atoms with E-state index >= 15 is 0 Å². The summed E-state index contributed by atoms with van der Waals surface area (Å²) in [7, 11) is 0. The maximum Gasteiger partial charge on any atom is 0.253 e. The number of ether oxygens (including phenoxy) is 1. The third kappa shape index (κ3) is 6.05. The molecule has 28 heavy (non-hydrogen) atoms. The van der Waals surface area contributed by atoms with Gasteiger partial charge in [0.2, 0.25) is 5.91 Å². The van der Waals surface area contributed by atoms with Crippen molar-refractivity contribution in [3.8, 4) is 0 Å². The van der Waals surface area contributed by atoms with Gasteiger partial charge in [0.1, 0.15) is 0 Å². The number of hydrogen-bond donors (Lipinski definition) is 3. The molecular formula is C21H26ClN3O3. The van der Waals surface area contributed by atoms with E-state index in [-0.39, 0.29) is 36.3 Å². The van der Waals surface area contributed by atoms with E-state index in [4.69, 9.17) is 4.74 Å². The second-order valence-electron chi connectivity index (χ2n) is 6.63. The van der Waals surface area contributed by atoms with Gasteiger partial charge in [0, 0.05) is 19.0 Å². The Morgan fingerprint density at radius 3 is 2.57 bits per heavy atom. The molecule has 1 fully saturated rings. The first-order valence-electron chi connectivity index (χ1n) is 9.19. The van der Waals surface area contributed by atoms with E-state index in [1.165, 1.54) is 0 Å². The van der Waals surface area contributed by atoms with Crippen LogP contribution in [0.15, 0.2) is 54.6 Å². The van der Waals surface area contributed by atoms with Crippen LogP contribution >= 0.6 is 12.4 Å². The lowest BCUT2D eigenvalue weighted by molar-refractivity contribution is -0.117. The van der Waals surface area contributed by atoms with Gasteiger partial charge >= 0.3 is 0 Å². The second kappa shape index (κ2) is 10.8. The van der Waals surface area contributed by atoms with Crippen LogP contribution in [-0.4, -0.2) is 37.6 Å². The van der Waals surface area contributed by atoms with E-state index in [0.29, 0.717) is 30.9 Å². The number of amides is 2. The zero-order valence-electron chi connectivity index (χ0n) is 15.8. The molecule has 1 saturated heterocycles. The van der Waals surface area contributed by atoms with E-state index in [1.807, 2.05) is 37.3 Å². The zero-order chi connectivity index (χ0) is 19.1. The van der Waals surface area contributed by atoms with E-state index in [1.54, 1.807) is 24.3 Å². The van der Waals surface area contributed by atoms with E-state index in [0.717, 1.165) is 12.1 Å². The number of halogens is 1. The van der Waals surface area contributed by atoms with Crippen LogP contribution in [0.2, 0.25) is 0 Å². The molecule has 2 aromatic rings. The third-order valence-electron chi connectivity index (χ3n) is 4.52. The molecule has 7 heteroatoms. The van der Waals surface area contributed by atoms with Gasteiger partial charge in [0.25, 0.3) is 5.91 Å². The summed E-state index contributed by atoms with van der Waals surface area (Å²) in [5.74, 6) is -0.365. The van der Waals surface area contributed by atoms with Gasteiger partial charge in [-0.05, 0) is 24.6 Å². The fourth-order valence-electron chi connectivity index (χ4n) is 3.07. The van der Waals surface area contributed by atoms with Gasteiger partial charge in [-0.2, -0.15) is 0 Å². The van der Waals surface area contributed by atoms with Crippen molar-refractivity contribution in [3.63, 3.8) is 0 Å². The minimum Gasteiger partial charge on any atom is -0.378 e. The number of rotatable bonds is 6. The van der Waals surface area contributed by atoms with Gasteiger partial charge in [0.15, 0.2) is 0 Å². The summed E-state index contributed by atoms with van der Waals surface area (Å²) >= 11 is 0. The summed E-state index contributed by atoms with van der Waals surface area (Å²) in [6.45, 7) is 3.86. The number of carbonyl (C=O) groups excluding carboxylic acids is 2. The molecule has 0 radical (unpaired) electrons. The average molecular weight is 404 g/mol. The molecule has 0 bridgehead atoms. The van der Waals surface area contributed by atoms with Crippen molar-refractivity contribution in [2.24, 2.45) is 0 Å². The van der Waals surface area contributed by atoms with Gasteiger partial charge in [-0.3, -0.25) is 9.59 Å². The quantitative estimate of drug-likeness (QED) is 0.692. The van der Waals surface area contributed by atoms with Crippen molar-refractivity contribution in [2.75, 3.05) is 25.1 Å². The number of benzene rings is 2. The van der Waals surface area contributed by atoms with Gasteiger partial charge in [-0.25, -0.2) is 0 Å². The van der Waals surface area contributed by atoms with Crippen molar-refractivity contribution in [2.45, 2.75) is 25.4 Å². The molecule has 2 unspecified atom stereocenters. The lowest BCUT2D eigenvalue weighted by atomic mass is 10.1. The molecule has 0 saturated carbocycles. The molecule has 1 heterocycles. The fraction of sp³-hybridized carbons (Fsp3) is 0.333. The minimum absolute atomic E-state index is 0. The number of nitrogens with one attached hydrogen (secondary N) is 3. The molecule has 1 aliphatic rings. The van der Waals surface area contributed by atoms with Gasteiger partial charge in [-0.15, -0.1) is 12.4 Å². The van der Waals surface area contributed by atoms with Crippen LogP contribution in [0, 0.1) is 0 Å². The Balaban J connectivity index is 0.00000280. The Bertz CT molecular complexity index is 779. The van der Waals surface area contributed by atoms with Crippen LogP contribution in [0.25, 0.3) is 0 Å². The summed E-state index contributed by atoms with van der Waals surface area (Å²) in [6, 6.07) is 16.7. The monoisotopic (exact) mass is 403 g/mol. The van der Waals surface area contributed by atoms with Crippen molar-refractivity contribution < 1.29 is 14.3 Å². The smallest absolute Gasteiger partial charge is 0.253 e. The van der Waals surface area contributed by atoms with Crippen LogP contribution in [0.5, 0.6) is 0 Å². The van der Waals surface area contributed by atoms with Gasteiger partial charge in [-0.1, -0.05) is 42.5 Å². The van der Waals surface area contributed by atoms with E-state index in [9.17, 15) is 9.59 Å². The third-order valence-corrected chi connectivity index (χ3v) is 4.52. The standard InChI is InChI=1S/C21H25N3O3.ClH/c1-15(16-7-3-2-4-8-16)23-21(26)18-9-5-6-10-19(18)24-20(25)13-17-14-27-12-11-22-17;/h2-10,15,17,22H,11-14H2,1H3,(H,23,26)(H,24,25);1H. The maximum absolute atomic E-state index is 12.7. The number of carbonyl (C=O) groups is 2. The first-order chi connectivity index (χ1) is 13.1. The number of anilines is 1. The predicted molar refractivity (Wildman–Crippen MR) is 112 cm³/mol. The molecule has 1 aliphatic heterocycles. The molecule has 2 atom stereocenters.